The SMILES string of the molecule is COC(=O)c1ccc(C(Cc2cccc(OC)c2)OCc2ccccc2)cc1O. The highest BCUT2D eigenvalue weighted by Gasteiger charge is 2.18. The van der Waals surface area contributed by atoms with Gasteiger partial charge in [-0.1, -0.05) is 48.5 Å². The molecule has 3 aromatic carbocycles. The third-order valence-corrected chi connectivity index (χ3v) is 4.65. The Morgan fingerprint density at radius 2 is 1.69 bits per heavy atom. The first-order valence-electron chi connectivity index (χ1n) is 9.30. The number of carbonyl (C=O) groups is 1. The van der Waals surface area contributed by atoms with Gasteiger partial charge < -0.3 is 19.3 Å². The number of benzene rings is 3. The van der Waals surface area contributed by atoms with E-state index in [0.717, 1.165) is 22.4 Å². The first-order valence-corrected chi connectivity index (χ1v) is 9.30. The summed E-state index contributed by atoms with van der Waals surface area (Å²) in [4.78, 5) is 11.8. The summed E-state index contributed by atoms with van der Waals surface area (Å²) in [6.07, 6.45) is 0.265. The van der Waals surface area contributed by atoms with E-state index < -0.39 is 5.97 Å². The molecule has 0 spiro atoms. The number of phenolic OH excluding ortho intramolecular Hbond substituents is 1. The number of hydrogen-bond donors (Lipinski definition) is 1. The topological polar surface area (TPSA) is 65.0 Å². The smallest absolute Gasteiger partial charge is 0.341 e. The second-order valence-electron chi connectivity index (χ2n) is 6.61. The molecule has 3 rings (SSSR count). The average molecular weight is 392 g/mol. The molecule has 0 heterocycles. The van der Waals surface area contributed by atoms with Gasteiger partial charge in [-0.3, -0.25) is 0 Å². The maximum absolute atomic E-state index is 11.8. The molecule has 29 heavy (non-hydrogen) atoms. The van der Waals surface area contributed by atoms with Crippen molar-refractivity contribution in [2.45, 2.75) is 19.1 Å². The van der Waals surface area contributed by atoms with E-state index in [4.69, 9.17) is 14.2 Å². The quantitative estimate of drug-likeness (QED) is 0.564. The zero-order valence-electron chi connectivity index (χ0n) is 16.5. The lowest BCUT2D eigenvalue weighted by Crippen LogP contribution is -2.09. The molecule has 1 unspecified atom stereocenters. The molecule has 0 radical (unpaired) electrons. The lowest BCUT2D eigenvalue weighted by molar-refractivity contribution is 0.0396. The maximum Gasteiger partial charge on any atom is 0.341 e. The Bertz CT molecular complexity index is 952. The average Bonchev–Trinajstić information content (AvgIpc) is 2.76. The lowest BCUT2D eigenvalue weighted by Gasteiger charge is -2.20. The van der Waals surface area contributed by atoms with Gasteiger partial charge in [-0.25, -0.2) is 4.79 Å². The van der Waals surface area contributed by atoms with Crippen LogP contribution in [0.5, 0.6) is 11.5 Å². The van der Waals surface area contributed by atoms with Crippen molar-refractivity contribution in [3.8, 4) is 11.5 Å². The van der Waals surface area contributed by atoms with Crippen LogP contribution in [0.1, 0.15) is 33.2 Å². The molecular weight excluding hydrogens is 368 g/mol. The minimum Gasteiger partial charge on any atom is -0.507 e. The van der Waals surface area contributed by atoms with Crippen LogP contribution in [0.4, 0.5) is 0 Å². The van der Waals surface area contributed by atoms with Gasteiger partial charge in [0, 0.05) is 6.42 Å². The normalized spacial score (nSPS) is 11.7. The number of rotatable bonds is 8. The maximum atomic E-state index is 11.8. The highest BCUT2D eigenvalue weighted by molar-refractivity contribution is 5.92. The van der Waals surface area contributed by atoms with Crippen LogP contribution in [0.25, 0.3) is 0 Å². The van der Waals surface area contributed by atoms with E-state index in [1.165, 1.54) is 7.11 Å². The number of ether oxygens (including phenoxy) is 3. The molecule has 150 valence electrons. The Balaban J connectivity index is 1.87. The Hall–Kier alpha value is -3.31. The second kappa shape index (κ2) is 9.75. The van der Waals surface area contributed by atoms with Crippen LogP contribution in [-0.4, -0.2) is 25.3 Å². The Kier molecular flexibility index (Phi) is 6.87. The molecule has 5 heteroatoms. The van der Waals surface area contributed by atoms with Gasteiger partial charge >= 0.3 is 5.97 Å². The molecule has 0 aliphatic heterocycles. The van der Waals surface area contributed by atoms with Gasteiger partial charge in [-0.15, -0.1) is 0 Å². The highest BCUT2D eigenvalue weighted by atomic mass is 16.5. The van der Waals surface area contributed by atoms with Gasteiger partial charge in [-0.2, -0.15) is 0 Å². The van der Waals surface area contributed by atoms with Crippen molar-refractivity contribution in [3.05, 3.63) is 95.1 Å². The minimum atomic E-state index is -0.580. The Labute approximate surface area is 170 Å². The van der Waals surface area contributed by atoms with Crippen LogP contribution in [-0.2, 0) is 22.5 Å². The monoisotopic (exact) mass is 392 g/mol. The van der Waals surface area contributed by atoms with Crippen LogP contribution < -0.4 is 4.74 Å². The zero-order chi connectivity index (χ0) is 20.6. The van der Waals surface area contributed by atoms with E-state index in [2.05, 4.69) is 0 Å². The second-order valence-corrected chi connectivity index (χ2v) is 6.61. The highest BCUT2D eigenvalue weighted by Crippen LogP contribution is 2.29. The predicted octanol–water partition coefficient (Wildman–Crippen LogP) is 4.69. The summed E-state index contributed by atoms with van der Waals surface area (Å²) in [5, 5.41) is 10.3. The van der Waals surface area contributed by atoms with Crippen LogP contribution >= 0.6 is 0 Å². The van der Waals surface area contributed by atoms with E-state index in [-0.39, 0.29) is 17.4 Å². The molecule has 3 aromatic rings. The summed E-state index contributed by atoms with van der Waals surface area (Å²) in [7, 11) is 2.91. The first-order chi connectivity index (χ1) is 14.1. The molecule has 0 saturated carbocycles. The number of aromatic hydroxyl groups is 1. The fourth-order valence-corrected chi connectivity index (χ4v) is 3.09. The van der Waals surface area contributed by atoms with Crippen molar-refractivity contribution in [2.24, 2.45) is 0 Å². The van der Waals surface area contributed by atoms with E-state index in [0.29, 0.717) is 13.0 Å². The van der Waals surface area contributed by atoms with Crippen molar-refractivity contribution in [3.63, 3.8) is 0 Å². The third-order valence-electron chi connectivity index (χ3n) is 4.65. The minimum absolute atomic E-state index is 0.124. The summed E-state index contributed by atoms with van der Waals surface area (Å²) in [5.74, 6) is 0.0603. The first kappa shape index (κ1) is 20.4. The summed E-state index contributed by atoms with van der Waals surface area (Å²) in [6, 6.07) is 22.6. The summed E-state index contributed by atoms with van der Waals surface area (Å²) >= 11 is 0. The van der Waals surface area contributed by atoms with Gasteiger partial charge in [0.2, 0.25) is 0 Å². The summed E-state index contributed by atoms with van der Waals surface area (Å²) < 4.78 is 16.2. The molecule has 5 nitrogen and oxygen atoms in total. The number of carbonyl (C=O) groups excluding carboxylic acids is 1. The van der Waals surface area contributed by atoms with E-state index in [1.807, 2.05) is 54.6 Å². The van der Waals surface area contributed by atoms with Gasteiger partial charge in [0.1, 0.15) is 17.1 Å². The van der Waals surface area contributed by atoms with Crippen LogP contribution in [0.15, 0.2) is 72.8 Å². The van der Waals surface area contributed by atoms with Crippen molar-refractivity contribution in [2.75, 3.05) is 14.2 Å². The molecule has 0 amide bonds. The van der Waals surface area contributed by atoms with E-state index in [9.17, 15) is 9.90 Å². The van der Waals surface area contributed by atoms with Crippen molar-refractivity contribution in [1.82, 2.24) is 0 Å². The Morgan fingerprint density at radius 3 is 2.38 bits per heavy atom. The fraction of sp³-hybridized carbons (Fsp3) is 0.208. The van der Waals surface area contributed by atoms with Gasteiger partial charge in [0.25, 0.3) is 0 Å². The molecule has 0 aliphatic rings. The predicted molar refractivity (Wildman–Crippen MR) is 110 cm³/mol. The molecule has 0 bridgehead atoms. The van der Waals surface area contributed by atoms with E-state index >= 15 is 0 Å². The van der Waals surface area contributed by atoms with Crippen molar-refractivity contribution in [1.29, 1.82) is 0 Å². The van der Waals surface area contributed by atoms with Gasteiger partial charge in [0.15, 0.2) is 0 Å². The fourth-order valence-electron chi connectivity index (χ4n) is 3.09. The molecule has 1 N–H and O–H groups in total. The van der Waals surface area contributed by atoms with Crippen molar-refractivity contribution < 1.29 is 24.1 Å². The molecule has 0 aliphatic carbocycles. The van der Waals surface area contributed by atoms with Gasteiger partial charge in [0.05, 0.1) is 26.9 Å². The summed E-state index contributed by atoms with van der Waals surface area (Å²) in [6.45, 7) is 0.426. The van der Waals surface area contributed by atoms with E-state index in [1.54, 1.807) is 25.3 Å². The zero-order valence-corrected chi connectivity index (χ0v) is 16.5. The molecule has 0 aromatic heterocycles. The number of methoxy groups -OCH3 is 2. The number of phenols is 1. The number of hydrogen-bond acceptors (Lipinski definition) is 5. The van der Waals surface area contributed by atoms with Crippen molar-refractivity contribution >= 4 is 5.97 Å². The van der Waals surface area contributed by atoms with Crippen LogP contribution in [0.3, 0.4) is 0 Å². The van der Waals surface area contributed by atoms with Crippen LogP contribution in [0.2, 0.25) is 0 Å². The summed E-state index contributed by atoms with van der Waals surface area (Å²) in [5.41, 5.74) is 2.99. The Morgan fingerprint density at radius 1 is 0.931 bits per heavy atom. The van der Waals surface area contributed by atoms with Crippen LogP contribution in [0, 0.1) is 0 Å². The molecule has 1 atom stereocenters. The largest absolute Gasteiger partial charge is 0.507 e. The number of esters is 1. The standard InChI is InChI=1S/C24H24O5/c1-27-20-10-6-9-18(13-20)14-23(29-16-17-7-4-3-5-8-17)19-11-12-21(22(25)15-19)24(26)28-2/h3-13,15,23,25H,14,16H2,1-2H3. The molecule has 0 fully saturated rings. The molecular formula is C24H24O5. The van der Waals surface area contributed by atoms with Gasteiger partial charge in [-0.05, 0) is 41.0 Å². The third kappa shape index (κ3) is 5.36. The lowest BCUT2D eigenvalue weighted by atomic mass is 9.99. The molecule has 0 saturated heterocycles.